The summed E-state index contributed by atoms with van der Waals surface area (Å²) in [6.45, 7) is 9.15. The van der Waals surface area contributed by atoms with Crippen LogP contribution >= 0.6 is 11.8 Å². The molecule has 1 fully saturated rings. The molecule has 1 atom stereocenters. The van der Waals surface area contributed by atoms with Crippen LogP contribution in [0, 0.1) is 6.92 Å². The molecular formula is C25H29N3O2S. The molecule has 1 amide bonds. The average molecular weight is 436 g/mol. The van der Waals surface area contributed by atoms with Gasteiger partial charge >= 0.3 is 0 Å². The molecule has 0 saturated carbocycles. The minimum Gasteiger partial charge on any atom is -0.365 e. The molecule has 1 aliphatic rings. The molecule has 1 aliphatic heterocycles. The van der Waals surface area contributed by atoms with Crippen molar-refractivity contribution in [2.45, 2.75) is 38.3 Å². The van der Waals surface area contributed by atoms with Crippen LogP contribution in [0.2, 0.25) is 0 Å². The SMILES string of the molecule is CCn1c(=O)cc(SCC(=O)N2CCN(c3cccc(C)c3)C(C)C2)c2ccccc21. The lowest BCUT2D eigenvalue weighted by molar-refractivity contribution is -0.129. The van der Waals surface area contributed by atoms with Gasteiger partial charge in [-0.05, 0) is 44.5 Å². The number of benzene rings is 2. The number of carbonyl (C=O) groups is 1. The number of hydrogen-bond acceptors (Lipinski definition) is 4. The maximum absolute atomic E-state index is 13.0. The Morgan fingerprint density at radius 3 is 2.65 bits per heavy atom. The Morgan fingerprint density at radius 1 is 1.10 bits per heavy atom. The largest absolute Gasteiger partial charge is 0.365 e. The molecule has 1 aromatic heterocycles. The van der Waals surface area contributed by atoms with E-state index in [1.165, 1.54) is 23.0 Å². The molecule has 5 nitrogen and oxygen atoms in total. The van der Waals surface area contributed by atoms with E-state index in [-0.39, 0.29) is 17.5 Å². The zero-order valence-corrected chi connectivity index (χ0v) is 19.2. The van der Waals surface area contributed by atoms with Crippen LogP contribution in [0.3, 0.4) is 0 Å². The molecule has 1 unspecified atom stereocenters. The molecule has 0 bridgehead atoms. The lowest BCUT2D eigenvalue weighted by Gasteiger charge is -2.41. The second-order valence-corrected chi connectivity index (χ2v) is 9.14. The molecule has 3 aromatic rings. The standard InChI is InChI=1S/C25H29N3O2S/c1-4-27-22-11-6-5-10-21(22)23(15-24(27)29)31-17-25(30)26-12-13-28(19(3)16-26)20-9-7-8-18(2)14-20/h5-11,14-15,19H,4,12-13,16-17H2,1-3H3. The molecule has 6 heteroatoms. The predicted molar refractivity (Wildman–Crippen MR) is 129 cm³/mol. The van der Waals surface area contributed by atoms with E-state index in [4.69, 9.17) is 0 Å². The number of thioether (sulfide) groups is 1. The van der Waals surface area contributed by atoms with Crippen molar-refractivity contribution in [2.75, 3.05) is 30.3 Å². The van der Waals surface area contributed by atoms with E-state index in [0.717, 1.165) is 28.9 Å². The van der Waals surface area contributed by atoms with E-state index in [1.54, 1.807) is 10.6 Å². The Kier molecular flexibility index (Phi) is 6.37. The second kappa shape index (κ2) is 9.18. The van der Waals surface area contributed by atoms with Gasteiger partial charge in [0.25, 0.3) is 5.56 Å². The monoisotopic (exact) mass is 435 g/mol. The molecule has 2 aromatic carbocycles. The number of aryl methyl sites for hydroxylation is 2. The number of anilines is 1. The van der Waals surface area contributed by atoms with Gasteiger partial charge in [0, 0.05) is 54.3 Å². The summed E-state index contributed by atoms with van der Waals surface area (Å²) in [5.41, 5.74) is 3.37. The number of nitrogens with zero attached hydrogens (tertiary/aromatic N) is 3. The third kappa shape index (κ3) is 4.49. The van der Waals surface area contributed by atoms with E-state index in [1.807, 2.05) is 36.1 Å². The highest BCUT2D eigenvalue weighted by atomic mass is 32.2. The highest BCUT2D eigenvalue weighted by molar-refractivity contribution is 8.00. The van der Waals surface area contributed by atoms with Gasteiger partial charge in [-0.25, -0.2) is 0 Å². The zero-order chi connectivity index (χ0) is 22.0. The van der Waals surface area contributed by atoms with Crippen molar-refractivity contribution in [1.82, 2.24) is 9.47 Å². The number of amides is 1. The molecule has 31 heavy (non-hydrogen) atoms. The third-order valence-corrected chi connectivity index (χ3v) is 7.00. The summed E-state index contributed by atoms with van der Waals surface area (Å²) in [6.07, 6.45) is 0. The third-order valence-electron chi connectivity index (χ3n) is 5.96. The Bertz CT molecular complexity index is 1160. The van der Waals surface area contributed by atoms with E-state index < -0.39 is 0 Å². The van der Waals surface area contributed by atoms with Crippen LogP contribution in [-0.2, 0) is 11.3 Å². The molecule has 0 radical (unpaired) electrons. The van der Waals surface area contributed by atoms with Gasteiger partial charge in [0.1, 0.15) is 0 Å². The van der Waals surface area contributed by atoms with Gasteiger partial charge in [-0.3, -0.25) is 9.59 Å². The topological polar surface area (TPSA) is 45.6 Å². The summed E-state index contributed by atoms with van der Waals surface area (Å²) in [4.78, 5) is 30.7. The van der Waals surface area contributed by atoms with Crippen molar-refractivity contribution in [3.05, 3.63) is 70.5 Å². The number of rotatable bonds is 5. The Balaban J connectivity index is 1.44. The number of carbonyl (C=O) groups excluding carboxylic acids is 1. The minimum atomic E-state index is -0.0171. The highest BCUT2D eigenvalue weighted by Gasteiger charge is 2.27. The smallest absolute Gasteiger partial charge is 0.252 e. The summed E-state index contributed by atoms with van der Waals surface area (Å²) < 4.78 is 1.77. The quantitative estimate of drug-likeness (QED) is 0.565. The van der Waals surface area contributed by atoms with Crippen molar-refractivity contribution < 1.29 is 4.79 Å². The van der Waals surface area contributed by atoms with Crippen LogP contribution in [0.4, 0.5) is 5.69 Å². The summed E-state index contributed by atoms with van der Waals surface area (Å²) in [6, 6.07) is 18.4. The second-order valence-electron chi connectivity index (χ2n) is 8.12. The molecule has 1 saturated heterocycles. The summed E-state index contributed by atoms with van der Waals surface area (Å²) in [5, 5.41) is 1.03. The van der Waals surface area contributed by atoms with Gasteiger partial charge in [0.2, 0.25) is 5.91 Å². The molecule has 0 spiro atoms. The van der Waals surface area contributed by atoms with Crippen LogP contribution in [0.25, 0.3) is 10.9 Å². The number of pyridine rings is 1. The van der Waals surface area contributed by atoms with Crippen molar-refractivity contribution >= 4 is 34.3 Å². The molecule has 0 aliphatic carbocycles. The Hall–Kier alpha value is -2.73. The van der Waals surface area contributed by atoms with Gasteiger partial charge in [0.05, 0.1) is 11.3 Å². The first-order valence-corrected chi connectivity index (χ1v) is 11.8. The maximum atomic E-state index is 13.0. The van der Waals surface area contributed by atoms with Crippen LogP contribution < -0.4 is 10.5 Å². The van der Waals surface area contributed by atoms with Crippen LogP contribution in [0.5, 0.6) is 0 Å². The predicted octanol–water partition coefficient (Wildman–Crippen LogP) is 4.16. The molecular weight excluding hydrogens is 406 g/mol. The molecule has 2 heterocycles. The average Bonchev–Trinajstić information content (AvgIpc) is 2.77. The fourth-order valence-corrected chi connectivity index (χ4v) is 5.33. The number of aromatic nitrogens is 1. The molecule has 0 N–H and O–H groups in total. The lowest BCUT2D eigenvalue weighted by atomic mass is 10.1. The van der Waals surface area contributed by atoms with Crippen molar-refractivity contribution in [2.24, 2.45) is 0 Å². The lowest BCUT2D eigenvalue weighted by Crippen LogP contribution is -2.54. The van der Waals surface area contributed by atoms with Gasteiger partial charge in [-0.1, -0.05) is 30.3 Å². The fourth-order valence-electron chi connectivity index (χ4n) is 4.35. The highest BCUT2D eigenvalue weighted by Crippen LogP contribution is 2.27. The van der Waals surface area contributed by atoms with Gasteiger partial charge < -0.3 is 14.4 Å². The van der Waals surface area contributed by atoms with Crippen molar-refractivity contribution in [1.29, 1.82) is 0 Å². The zero-order valence-electron chi connectivity index (χ0n) is 18.4. The van der Waals surface area contributed by atoms with E-state index in [0.29, 0.717) is 18.8 Å². The Morgan fingerprint density at radius 2 is 1.90 bits per heavy atom. The van der Waals surface area contributed by atoms with Gasteiger partial charge in [-0.2, -0.15) is 0 Å². The number of piperazine rings is 1. The number of para-hydroxylation sites is 1. The number of fused-ring (bicyclic) bond motifs is 1. The molecule has 162 valence electrons. The fraction of sp³-hybridized carbons (Fsp3) is 0.360. The van der Waals surface area contributed by atoms with Crippen molar-refractivity contribution in [3.8, 4) is 0 Å². The maximum Gasteiger partial charge on any atom is 0.252 e. The van der Waals surface area contributed by atoms with Crippen LogP contribution in [0.1, 0.15) is 19.4 Å². The minimum absolute atomic E-state index is 0.0171. The first kappa shape index (κ1) is 21.5. The van der Waals surface area contributed by atoms with E-state index >= 15 is 0 Å². The van der Waals surface area contributed by atoms with Crippen LogP contribution in [-0.4, -0.2) is 46.8 Å². The Labute approximate surface area is 187 Å². The number of hydrogen-bond donors (Lipinski definition) is 0. The summed E-state index contributed by atoms with van der Waals surface area (Å²) in [5.74, 6) is 0.473. The molecule has 4 rings (SSSR count). The summed E-state index contributed by atoms with van der Waals surface area (Å²) >= 11 is 1.47. The van der Waals surface area contributed by atoms with Crippen LogP contribution in [0.15, 0.2) is 64.3 Å². The summed E-state index contributed by atoms with van der Waals surface area (Å²) in [7, 11) is 0. The normalized spacial score (nSPS) is 16.7. The van der Waals surface area contributed by atoms with Gasteiger partial charge in [-0.15, -0.1) is 11.8 Å². The van der Waals surface area contributed by atoms with Crippen molar-refractivity contribution in [3.63, 3.8) is 0 Å². The van der Waals surface area contributed by atoms with E-state index in [2.05, 4.69) is 43.0 Å². The van der Waals surface area contributed by atoms with E-state index in [9.17, 15) is 9.59 Å². The first-order chi connectivity index (χ1) is 15.0. The van der Waals surface area contributed by atoms with Gasteiger partial charge in [0.15, 0.2) is 0 Å². The first-order valence-electron chi connectivity index (χ1n) is 10.8.